The average Bonchev–Trinajstić information content (AvgIpc) is 2.63. The summed E-state index contributed by atoms with van der Waals surface area (Å²) in [5.74, 6) is -0.213. The topological polar surface area (TPSA) is 35.6 Å². The van der Waals surface area contributed by atoms with Crippen LogP contribution in [0.25, 0.3) is 0 Å². The number of halogens is 1. The number of nitrogens with one attached hydrogen (secondary N) is 1. The van der Waals surface area contributed by atoms with Crippen molar-refractivity contribution in [2.75, 3.05) is 43.4 Å². The molecule has 1 aliphatic rings. The van der Waals surface area contributed by atoms with Crippen LogP contribution in [0.5, 0.6) is 0 Å². The molecule has 1 heterocycles. The van der Waals surface area contributed by atoms with Gasteiger partial charge < -0.3 is 15.1 Å². The van der Waals surface area contributed by atoms with Crippen molar-refractivity contribution < 1.29 is 4.79 Å². The van der Waals surface area contributed by atoms with E-state index in [4.69, 9.17) is 11.6 Å². The molecule has 4 nitrogen and oxygen atoms in total. The number of hydrogen-bond donors (Lipinski definition) is 1. The molecule has 126 valence electrons. The molecule has 0 spiro atoms. The molecule has 1 fully saturated rings. The third-order valence-corrected chi connectivity index (χ3v) is 4.78. The molecule has 0 aliphatic carbocycles. The van der Waals surface area contributed by atoms with Crippen LogP contribution in [0.2, 0.25) is 0 Å². The highest BCUT2D eigenvalue weighted by Crippen LogP contribution is 2.24. The van der Waals surface area contributed by atoms with Crippen molar-refractivity contribution in [2.45, 2.75) is 5.38 Å². The smallest absolute Gasteiger partial charge is 0.246 e. The zero-order chi connectivity index (χ0) is 16.9. The first-order valence-electron chi connectivity index (χ1n) is 8.17. The van der Waals surface area contributed by atoms with Crippen LogP contribution < -0.4 is 10.2 Å². The Morgan fingerprint density at radius 2 is 1.62 bits per heavy atom. The Hall–Kier alpha value is -2.04. The summed E-state index contributed by atoms with van der Waals surface area (Å²) in [5.41, 5.74) is 2.75. The first-order chi connectivity index (χ1) is 11.6. The zero-order valence-corrected chi connectivity index (χ0v) is 14.5. The van der Waals surface area contributed by atoms with Crippen molar-refractivity contribution in [3.8, 4) is 0 Å². The van der Waals surface area contributed by atoms with Gasteiger partial charge in [0.25, 0.3) is 0 Å². The molecule has 0 aromatic heterocycles. The lowest BCUT2D eigenvalue weighted by Gasteiger charge is -2.34. The van der Waals surface area contributed by atoms with E-state index in [9.17, 15) is 4.79 Å². The van der Waals surface area contributed by atoms with Gasteiger partial charge in [-0.05, 0) is 36.9 Å². The average molecular weight is 344 g/mol. The van der Waals surface area contributed by atoms with Gasteiger partial charge in [0, 0.05) is 37.6 Å². The molecule has 3 rings (SSSR count). The molecule has 24 heavy (non-hydrogen) atoms. The van der Waals surface area contributed by atoms with Crippen LogP contribution in [0.15, 0.2) is 54.6 Å². The molecular weight excluding hydrogens is 322 g/mol. The van der Waals surface area contributed by atoms with E-state index in [0.717, 1.165) is 37.4 Å². The van der Waals surface area contributed by atoms with Crippen molar-refractivity contribution in [1.29, 1.82) is 0 Å². The van der Waals surface area contributed by atoms with E-state index >= 15 is 0 Å². The lowest BCUT2D eigenvalue weighted by molar-refractivity contribution is -0.116. The van der Waals surface area contributed by atoms with E-state index in [-0.39, 0.29) is 5.91 Å². The fraction of sp³-hybridized carbons (Fsp3) is 0.316. The summed E-state index contributed by atoms with van der Waals surface area (Å²) in [7, 11) is 2.14. The van der Waals surface area contributed by atoms with Gasteiger partial charge >= 0.3 is 0 Å². The summed E-state index contributed by atoms with van der Waals surface area (Å²) in [6, 6.07) is 17.3. The number of amides is 1. The molecular formula is C19H22ClN3O. The largest absolute Gasteiger partial charge is 0.369 e. The first-order valence-corrected chi connectivity index (χ1v) is 8.60. The van der Waals surface area contributed by atoms with Crippen LogP contribution in [0.3, 0.4) is 0 Å². The number of anilines is 2. The third-order valence-electron chi connectivity index (χ3n) is 4.33. The number of likely N-dealkylation sites (N-methyl/N-ethyl adjacent to an activating group) is 1. The molecule has 1 N–H and O–H groups in total. The van der Waals surface area contributed by atoms with Crippen molar-refractivity contribution in [3.63, 3.8) is 0 Å². The summed E-state index contributed by atoms with van der Waals surface area (Å²) in [6.45, 7) is 4.20. The van der Waals surface area contributed by atoms with E-state index in [1.54, 1.807) is 0 Å². The van der Waals surface area contributed by atoms with Gasteiger partial charge in [0.15, 0.2) is 0 Å². The van der Waals surface area contributed by atoms with Crippen molar-refractivity contribution in [1.82, 2.24) is 4.90 Å². The molecule has 2 aromatic carbocycles. The highest BCUT2D eigenvalue weighted by atomic mass is 35.5. The number of alkyl halides is 1. The Morgan fingerprint density at radius 3 is 2.25 bits per heavy atom. The number of rotatable bonds is 4. The van der Waals surface area contributed by atoms with E-state index in [2.05, 4.69) is 22.2 Å². The maximum atomic E-state index is 12.3. The van der Waals surface area contributed by atoms with Crippen LogP contribution in [0.1, 0.15) is 10.9 Å². The van der Waals surface area contributed by atoms with Gasteiger partial charge in [-0.15, -0.1) is 11.6 Å². The quantitative estimate of drug-likeness (QED) is 0.865. The Balaban J connectivity index is 1.61. The molecule has 1 aliphatic heterocycles. The molecule has 1 amide bonds. The third kappa shape index (κ3) is 4.08. The van der Waals surface area contributed by atoms with Gasteiger partial charge in [0.2, 0.25) is 5.91 Å². The number of benzene rings is 2. The maximum Gasteiger partial charge on any atom is 0.246 e. The second kappa shape index (κ2) is 7.69. The van der Waals surface area contributed by atoms with Crippen molar-refractivity contribution in [2.24, 2.45) is 0 Å². The van der Waals surface area contributed by atoms with Crippen LogP contribution >= 0.6 is 11.6 Å². The van der Waals surface area contributed by atoms with Crippen LogP contribution in [0.4, 0.5) is 11.4 Å². The molecule has 0 radical (unpaired) electrons. The summed E-state index contributed by atoms with van der Waals surface area (Å²) in [5, 5.41) is 2.19. The van der Waals surface area contributed by atoms with E-state index in [0.29, 0.717) is 0 Å². The van der Waals surface area contributed by atoms with Crippen molar-refractivity contribution >= 4 is 28.9 Å². The van der Waals surface area contributed by atoms with Gasteiger partial charge in [0.1, 0.15) is 5.38 Å². The Labute approximate surface area is 148 Å². The summed E-state index contributed by atoms with van der Waals surface area (Å²) >= 11 is 6.25. The summed E-state index contributed by atoms with van der Waals surface area (Å²) in [4.78, 5) is 17.0. The monoisotopic (exact) mass is 343 g/mol. The van der Waals surface area contributed by atoms with Gasteiger partial charge in [0.05, 0.1) is 0 Å². The minimum Gasteiger partial charge on any atom is -0.369 e. The molecule has 0 saturated carbocycles. The SMILES string of the molecule is CN1CCN(c2ccc(NC(=O)[C@@H](Cl)c3ccccc3)cc2)CC1. The highest BCUT2D eigenvalue weighted by Gasteiger charge is 2.18. The molecule has 5 heteroatoms. The molecule has 0 unspecified atom stereocenters. The molecule has 1 saturated heterocycles. The van der Waals surface area contributed by atoms with Crippen LogP contribution in [0, 0.1) is 0 Å². The lowest BCUT2D eigenvalue weighted by Crippen LogP contribution is -2.44. The van der Waals surface area contributed by atoms with Crippen molar-refractivity contribution in [3.05, 3.63) is 60.2 Å². The summed E-state index contributed by atoms with van der Waals surface area (Å²) < 4.78 is 0. The molecule has 0 bridgehead atoms. The number of hydrogen-bond acceptors (Lipinski definition) is 3. The number of carbonyl (C=O) groups excluding carboxylic acids is 1. The van der Waals surface area contributed by atoms with Gasteiger partial charge in [-0.25, -0.2) is 0 Å². The fourth-order valence-electron chi connectivity index (χ4n) is 2.80. The fourth-order valence-corrected chi connectivity index (χ4v) is 3.00. The lowest BCUT2D eigenvalue weighted by atomic mass is 10.1. The minimum atomic E-state index is -0.691. The standard InChI is InChI=1S/C19H22ClN3O/c1-22-11-13-23(14-12-22)17-9-7-16(8-10-17)21-19(24)18(20)15-5-3-2-4-6-15/h2-10,18H,11-14H2,1H3,(H,21,24)/t18-/m0/s1. The second-order valence-electron chi connectivity index (χ2n) is 6.10. The number of nitrogens with zero attached hydrogens (tertiary/aromatic N) is 2. The predicted molar refractivity (Wildman–Crippen MR) is 99.8 cm³/mol. The second-order valence-corrected chi connectivity index (χ2v) is 6.54. The normalized spacial score (nSPS) is 16.7. The Morgan fingerprint density at radius 1 is 1.00 bits per heavy atom. The van der Waals surface area contributed by atoms with Gasteiger partial charge in [-0.2, -0.15) is 0 Å². The predicted octanol–water partition coefficient (Wildman–Crippen LogP) is 3.36. The first kappa shape index (κ1) is 16.8. The van der Waals surface area contributed by atoms with Crippen LogP contribution in [-0.2, 0) is 4.79 Å². The van der Waals surface area contributed by atoms with Gasteiger partial charge in [-0.1, -0.05) is 30.3 Å². The Bertz CT molecular complexity index is 667. The van der Waals surface area contributed by atoms with E-state index in [1.807, 2.05) is 54.6 Å². The maximum absolute atomic E-state index is 12.3. The molecule has 1 atom stereocenters. The van der Waals surface area contributed by atoms with Crippen LogP contribution in [-0.4, -0.2) is 44.0 Å². The zero-order valence-electron chi connectivity index (χ0n) is 13.8. The minimum absolute atomic E-state index is 0.213. The summed E-state index contributed by atoms with van der Waals surface area (Å²) in [6.07, 6.45) is 0. The Kier molecular flexibility index (Phi) is 5.38. The number of piperazine rings is 1. The van der Waals surface area contributed by atoms with E-state index in [1.165, 1.54) is 5.69 Å². The van der Waals surface area contributed by atoms with Gasteiger partial charge in [-0.3, -0.25) is 4.79 Å². The van der Waals surface area contributed by atoms with E-state index < -0.39 is 5.38 Å². The number of carbonyl (C=O) groups is 1. The highest BCUT2D eigenvalue weighted by molar-refractivity contribution is 6.32. The molecule has 2 aromatic rings.